The maximum absolute atomic E-state index is 13.1. The molecule has 1 saturated carbocycles. The van der Waals surface area contributed by atoms with Gasteiger partial charge in [-0.25, -0.2) is 4.79 Å². The Bertz CT molecular complexity index is 580. The van der Waals surface area contributed by atoms with Crippen molar-refractivity contribution < 1.29 is 14.7 Å². The SMILES string of the molecule is CC(C)CCC1(C(=O)Nc2ccccc2SC(=O)O)CCCCC1. The molecule has 0 aliphatic heterocycles. The molecule has 0 saturated heterocycles. The number of carbonyl (C=O) groups excluding carboxylic acids is 1. The van der Waals surface area contributed by atoms with Crippen LogP contribution in [-0.4, -0.2) is 16.3 Å². The number of hydrogen-bond donors (Lipinski definition) is 2. The average molecular weight is 349 g/mol. The van der Waals surface area contributed by atoms with Crippen LogP contribution in [-0.2, 0) is 4.79 Å². The molecule has 1 aliphatic carbocycles. The molecule has 0 unspecified atom stereocenters. The Kier molecular flexibility index (Phi) is 6.72. The van der Waals surface area contributed by atoms with Crippen LogP contribution >= 0.6 is 11.8 Å². The monoisotopic (exact) mass is 349 g/mol. The van der Waals surface area contributed by atoms with E-state index in [2.05, 4.69) is 19.2 Å². The number of carbonyl (C=O) groups is 2. The van der Waals surface area contributed by atoms with Crippen molar-refractivity contribution in [3.8, 4) is 0 Å². The Balaban J connectivity index is 2.17. The minimum atomic E-state index is -0.969. The van der Waals surface area contributed by atoms with Crippen molar-refractivity contribution in [2.45, 2.75) is 63.7 Å². The summed E-state index contributed by atoms with van der Waals surface area (Å²) in [6.45, 7) is 4.38. The molecule has 0 bridgehead atoms. The number of rotatable bonds is 6. The lowest BCUT2D eigenvalue weighted by Crippen LogP contribution is -2.38. The predicted molar refractivity (Wildman–Crippen MR) is 98.5 cm³/mol. The molecule has 4 nitrogen and oxygen atoms in total. The van der Waals surface area contributed by atoms with Gasteiger partial charge in [-0.05, 0) is 55.5 Å². The molecule has 1 fully saturated rings. The van der Waals surface area contributed by atoms with Crippen LogP contribution in [0.5, 0.6) is 0 Å². The molecule has 0 heterocycles. The number of hydrogen-bond acceptors (Lipinski definition) is 3. The molecule has 1 aromatic carbocycles. The first-order valence-corrected chi connectivity index (χ1v) is 9.56. The molecule has 1 aliphatic rings. The highest BCUT2D eigenvalue weighted by Gasteiger charge is 2.39. The highest BCUT2D eigenvalue weighted by molar-refractivity contribution is 8.13. The number of amides is 1. The van der Waals surface area contributed by atoms with Crippen molar-refractivity contribution in [2.75, 3.05) is 5.32 Å². The van der Waals surface area contributed by atoms with Gasteiger partial charge < -0.3 is 10.4 Å². The highest BCUT2D eigenvalue weighted by Crippen LogP contribution is 2.42. The number of anilines is 1. The summed E-state index contributed by atoms with van der Waals surface area (Å²) in [7, 11) is 0. The Labute approximate surface area is 148 Å². The molecule has 0 atom stereocenters. The Morgan fingerprint density at radius 2 is 1.88 bits per heavy atom. The van der Waals surface area contributed by atoms with E-state index in [9.17, 15) is 9.59 Å². The molecule has 0 spiro atoms. The summed E-state index contributed by atoms with van der Waals surface area (Å²) in [5.41, 5.74) is 0.299. The zero-order valence-electron chi connectivity index (χ0n) is 14.5. The van der Waals surface area contributed by atoms with Gasteiger partial charge >= 0.3 is 5.30 Å². The van der Waals surface area contributed by atoms with Crippen molar-refractivity contribution in [1.29, 1.82) is 0 Å². The lowest BCUT2D eigenvalue weighted by molar-refractivity contribution is -0.128. The van der Waals surface area contributed by atoms with E-state index in [0.29, 0.717) is 16.5 Å². The summed E-state index contributed by atoms with van der Waals surface area (Å²) in [5, 5.41) is 11.1. The quantitative estimate of drug-likeness (QED) is 0.639. The van der Waals surface area contributed by atoms with Gasteiger partial charge in [0.05, 0.1) is 5.69 Å². The lowest BCUT2D eigenvalue weighted by Gasteiger charge is -2.36. The molecule has 0 radical (unpaired) electrons. The van der Waals surface area contributed by atoms with Crippen LogP contribution in [0.2, 0.25) is 0 Å². The number of benzene rings is 1. The van der Waals surface area contributed by atoms with E-state index in [4.69, 9.17) is 5.11 Å². The molecule has 1 amide bonds. The molecular formula is C19H27NO3S. The van der Waals surface area contributed by atoms with Crippen LogP contribution < -0.4 is 5.32 Å². The third kappa shape index (κ3) is 5.00. The summed E-state index contributed by atoms with van der Waals surface area (Å²) < 4.78 is 0. The molecular weight excluding hydrogens is 322 g/mol. The van der Waals surface area contributed by atoms with Crippen LogP contribution in [0.4, 0.5) is 10.5 Å². The van der Waals surface area contributed by atoms with Crippen molar-refractivity contribution in [3.63, 3.8) is 0 Å². The number of carboxylic acid groups (broad SMARTS) is 1. The van der Waals surface area contributed by atoms with Crippen molar-refractivity contribution in [2.24, 2.45) is 11.3 Å². The zero-order chi connectivity index (χ0) is 17.6. The molecule has 0 aromatic heterocycles. The normalized spacial score (nSPS) is 16.8. The molecule has 24 heavy (non-hydrogen) atoms. The van der Waals surface area contributed by atoms with E-state index in [1.807, 2.05) is 6.07 Å². The molecule has 1 aromatic rings. The van der Waals surface area contributed by atoms with E-state index in [1.165, 1.54) is 6.42 Å². The Morgan fingerprint density at radius 1 is 1.21 bits per heavy atom. The van der Waals surface area contributed by atoms with E-state index in [-0.39, 0.29) is 11.3 Å². The van der Waals surface area contributed by atoms with Gasteiger partial charge in [-0.1, -0.05) is 45.2 Å². The first-order valence-electron chi connectivity index (χ1n) is 8.74. The molecule has 5 heteroatoms. The minimum Gasteiger partial charge on any atom is -0.473 e. The second-order valence-electron chi connectivity index (χ2n) is 7.09. The number of para-hydroxylation sites is 1. The van der Waals surface area contributed by atoms with Crippen LogP contribution in [0.15, 0.2) is 29.2 Å². The van der Waals surface area contributed by atoms with Gasteiger partial charge in [-0.2, -0.15) is 0 Å². The summed E-state index contributed by atoms with van der Waals surface area (Å²) in [6.07, 6.45) is 7.19. The zero-order valence-corrected chi connectivity index (χ0v) is 15.3. The summed E-state index contributed by atoms with van der Waals surface area (Å²) >= 11 is 0.733. The minimum absolute atomic E-state index is 0.0567. The maximum atomic E-state index is 13.1. The van der Waals surface area contributed by atoms with E-state index in [1.54, 1.807) is 18.2 Å². The van der Waals surface area contributed by atoms with Crippen LogP contribution in [0.25, 0.3) is 0 Å². The van der Waals surface area contributed by atoms with E-state index < -0.39 is 5.30 Å². The summed E-state index contributed by atoms with van der Waals surface area (Å²) in [5.74, 6) is 0.632. The second-order valence-corrected chi connectivity index (χ2v) is 8.08. The van der Waals surface area contributed by atoms with Gasteiger partial charge in [0.2, 0.25) is 5.91 Å². The van der Waals surface area contributed by atoms with Gasteiger partial charge in [0, 0.05) is 10.3 Å². The molecule has 132 valence electrons. The first kappa shape index (κ1) is 18.8. The fourth-order valence-corrected chi connectivity index (χ4v) is 3.96. The van der Waals surface area contributed by atoms with Crippen molar-refractivity contribution in [1.82, 2.24) is 0 Å². The number of nitrogens with one attached hydrogen (secondary N) is 1. The van der Waals surface area contributed by atoms with Crippen LogP contribution in [0, 0.1) is 11.3 Å². The van der Waals surface area contributed by atoms with Gasteiger partial charge in [-0.3, -0.25) is 4.79 Å². The lowest BCUT2D eigenvalue weighted by atomic mass is 9.69. The molecule has 2 rings (SSSR count). The third-order valence-corrected chi connectivity index (χ3v) is 5.58. The Morgan fingerprint density at radius 3 is 2.50 bits per heavy atom. The van der Waals surface area contributed by atoms with Crippen LogP contribution in [0.1, 0.15) is 58.8 Å². The third-order valence-electron chi connectivity index (χ3n) is 4.83. The smallest absolute Gasteiger partial charge is 0.369 e. The topological polar surface area (TPSA) is 66.4 Å². The fraction of sp³-hybridized carbons (Fsp3) is 0.579. The molecule has 2 N–H and O–H groups in total. The largest absolute Gasteiger partial charge is 0.473 e. The Hall–Kier alpha value is -1.49. The maximum Gasteiger partial charge on any atom is 0.369 e. The van der Waals surface area contributed by atoms with Gasteiger partial charge in [0.25, 0.3) is 0 Å². The summed E-state index contributed by atoms with van der Waals surface area (Å²) in [4.78, 5) is 24.6. The van der Waals surface area contributed by atoms with Gasteiger partial charge in [0.1, 0.15) is 0 Å². The van der Waals surface area contributed by atoms with Gasteiger partial charge in [0.15, 0.2) is 0 Å². The van der Waals surface area contributed by atoms with Gasteiger partial charge in [-0.15, -0.1) is 0 Å². The van der Waals surface area contributed by atoms with E-state index in [0.717, 1.165) is 50.3 Å². The van der Waals surface area contributed by atoms with Crippen molar-refractivity contribution >= 4 is 28.7 Å². The predicted octanol–water partition coefficient (Wildman–Crippen LogP) is 5.78. The van der Waals surface area contributed by atoms with Crippen LogP contribution in [0.3, 0.4) is 0 Å². The first-order chi connectivity index (χ1) is 11.4. The summed E-state index contributed by atoms with van der Waals surface area (Å²) in [6, 6.07) is 7.12. The highest BCUT2D eigenvalue weighted by atomic mass is 32.2. The average Bonchev–Trinajstić information content (AvgIpc) is 2.55. The second kappa shape index (κ2) is 8.56. The standard InChI is InChI=1S/C19H27NO3S/c1-14(2)10-13-19(11-6-3-7-12-19)17(21)20-15-8-4-5-9-16(15)24-18(22)23/h4-5,8-9,14H,3,6-7,10-13H2,1-2H3,(H,20,21)(H,22,23). The van der Waals surface area contributed by atoms with E-state index >= 15 is 0 Å². The van der Waals surface area contributed by atoms with Crippen molar-refractivity contribution in [3.05, 3.63) is 24.3 Å². The number of thioether (sulfide) groups is 1. The fourth-order valence-electron chi connectivity index (χ4n) is 3.39.